The monoisotopic (exact) mass is 438 g/mol. The maximum atomic E-state index is 13.6. The molecule has 3 rings (SSSR count). The number of carboxylic acids is 1. The third-order valence-electron chi connectivity index (χ3n) is 3.93. The summed E-state index contributed by atoms with van der Waals surface area (Å²) < 4.78 is 13.6. The average Bonchev–Trinajstić information content (AvgIpc) is 3.00. The Morgan fingerprint density at radius 1 is 1.21 bits per heavy atom. The van der Waals surface area contributed by atoms with Gasteiger partial charge in [0.05, 0.1) is 21.3 Å². The van der Waals surface area contributed by atoms with Gasteiger partial charge in [-0.05, 0) is 42.7 Å². The van der Waals surface area contributed by atoms with E-state index in [1.807, 2.05) is 6.07 Å². The Bertz CT molecular complexity index is 1040. The van der Waals surface area contributed by atoms with Crippen LogP contribution in [0.15, 0.2) is 36.4 Å². The van der Waals surface area contributed by atoms with Crippen LogP contribution in [0.4, 0.5) is 15.2 Å². The quantitative estimate of drug-likeness (QED) is 0.439. The van der Waals surface area contributed by atoms with E-state index < -0.39 is 17.3 Å². The minimum atomic E-state index is -1.32. The van der Waals surface area contributed by atoms with E-state index >= 15 is 0 Å². The number of nitrogens with zero attached hydrogens (tertiary/aromatic N) is 1. The summed E-state index contributed by atoms with van der Waals surface area (Å²) in [5.74, 6) is -1.69. The van der Waals surface area contributed by atoms with Gasteiger partial charge in [0, 0.05) is 16.1 Å². The molecule has 0 saturated heterocycles. The minimum Gasteiger partial charge on any atom is -0.478 e. The van der Waals surface area contributed by atoms with E-state index in [0.29, 0.717) is 26.8 Å². The number of benzene rings is 2. The van der Waals surface area contributed by atoms with Crippen molar-refractivity contribution in [3.63, 3.8) is 0 Å². The smallest absolute Gasteiger partial charge is 0.338 e. The Kier molecular flexibility index (Phi) is 6.23. The lowest BCUT2D eigenvalue weighted by atomic mass is 10.0. The van der Waals surface area contributed by atoms with Crippen molar-refractivity contribution in [3.05, 3.63) is 62.7 Å². The van der Waals surface area contributed by atoms with Gasteiger partial charge in [-0.2, -0.15) is 0 Å². The van der Waals surface area contributed by atoms with E-state index in [1.165, 1.54) is 23.5 Å². The number of carboxylic acid groups (broad SMARTS) is 1. The topological polar surface area (TPSA) is 62.2 Å². The van der Waals surface area contributed by atoms with Crippen molar-refractivity contribution in [1.29, 1.82) is 0 Å². The highest BCUT2D eigenvalue weighted by Gasteiger charge is 2.17. The molecule has 4 nitrogen and oxygen atoms in total. The van der Waals surface area contributed by atoms with Crippen molar-refractivity contribution in [1.82, 2.24) is 4.98 Å². The summed E-state index contributed by atoms with van der Waals surface area (Å²) in [5, 5.41) is 13.7. The first-order chi connectivity index (χ1) is 13.2. The SMILES string of the molecule is CC(C)Cc1sc(Nc2ccc(F)c(C(=O)O)c2)nc1-c1ccc(Cl)c(Cl)c1. The van der Waals surface area contributed by atoms with Gasteiger partial charge in [-0.15, -0.1) is 11.3 Å². The highest BCUT2D eigenvalue weighted by atomic mass is 35.5. The van der Waals surface area contributed by atoms with Crippen molar-refractivity contribution in [2.24, 2.45) is 5.92 Å². The van der Waals surface area contributed by atoms with Gasteiger partial charge < -0.3 is 10.4 Å². The number of thiazole rings is 1. The molecule has 0 aliphatic carbocycles. The van der Waals surface area contributed by atoms with E-state index in [0.717, 1.165) is 28.6 Å². The summed E-state index contributed by atoms with van der Waals surface area (Å²) in [5.41, 5.74) is 1.69. The molecular formula is C20H17Cl2FN2O2S. The van der Waals surface area contributed by atoms with Gasteiger partial charge in [0.25, 0.3) is 0 Å². The fourth-order valence-corrected chi connectivity index (χ4v) is 4.19. The molecule has 146 valence electrons. The standard InChI is InChI=1S/C20H17Cl2FN2O2S/c1-10(2)7-17-18(11-3-5-14(21)15(22)8-11)25-20(28-17)24-12-4-6-16(23)13(9-12)19(26)27/h3-6,8-10H,7H2,1-2H3,(H,24,25)(H,26,27). The molecule has 0 radical (unpaired) electrons. The van der Waals surface area contributed by atoms with E-state index in [9.17, 15) is 9.18 Å². The van der Waals surface area contributed by atoms with Gasteiger partial charge >= 0.3 is 5.97 Å². The lowest BCUT2D eigenvalue weighted by molar-refractivity contribution is 0.0692. The van der Waals surface area contributed by atoms with Crippen LogP contribution in [0.2, 0.25) is 10.0 Å². The molecule has 0 fully saturated rings. The van der Waals surface area contributed by atoms with Crippen LogP contribution in [-0.2, 0) is 6.42 Å². The Labute approximate surface area is 176 Å². The fourth-order valence-electron chi connectivity index (χ4n) is 2.67. The van der Waals surface area contributed by atoms with E-state index in [-0.39, 0.29) is 0 Å². The lowest BCUT2D eigenvalue weighted by Gasteiger charge is -2.06. The van der Waals surface area contributed by atoms with Gasteiger partial charge in [0.2, 0.25) is 0 Å². The van der Waals surface area contributed by atoms with Crippen molar-refractivity contribution in [2.45, 2.75) is 20.3 Å². The molecule has 0 unspecified atom stereocenters. The Morgan fingerprint density at radius 3 is 2.61 bits per heavy atom. The van der Waals surface area contributed by atoms with Crippen LogP contribution >= 0.6 is 34.5 Å². The molecule has 0 bridgehead atoms. The van der Waals surface area contributed by atoms with Gasteiger partial charge in [-0.1, -0.05) is 43.1 Å². The van der Waals surface area contributed by atoms with E-state index in [1.54, 1.807) is 12.1 Å². The fraction of sp³-hybridized carbons (Fsp3) is 0.200. The Hall–Kier alpha value is -2.15. The molecule has 0 saturated carbocycles. The zero-order chi connectivity index (χ0) is 20.4. The summed E-state index contributed by atoms with van der Waals surface area (Å²) in [6, 6.07) is 9.20. The summed E-state index contributed by atoms with van der Waals surface area (Å²) >= 11 is 13.6. The van der Waals surface area contributed by atoms with Gasteiger partial charge in [0.1, 0.15) is 5.82 Å². The van der Waals surface area contributed by atoms with Gasteiger partial charge in [-0.3, -0.25) is 0 Å². The van der Waals surface area contributed by atoms with Crippen molar-refractivity contribution in [2.75, 3.05) is 5.32 Å². The van der Waals surface area contributed by atoms with E-state index in [4.69, 9.17) is 28.3 Å². The second kappa shape index (κ2) is 8.47. The normalized spacial score (nSPS) is 11.1. The number of anilines is 2. The molecule has 2 N–H and O–H groups in total. The number of nitrogens with one attached hydrogen (secondary N) is 1. The molecule has 1 aromatic heterocycles. The van der Waals surface area contributed by atoms with Crippen LogP contribution in [0.1, 0.15) is 29.1 Å². The number of hydrogen-bond acceptors (Lipinski definition) is 4. The van der Waals surface area contributed by atoms with Crippen molar-refractivity contribution in [3.8, 4) is 11.3 Å². The molecule has 0 aliphatic heterocycles. The Morgan fingerprint density at radius 2 is 1.96 bits per heavy atom. The van der Waals surface area contributed by atoms with Crippen LogP contribution in [0.3, 0.4) is 0 Å². The van der Waals surface area contributed by atoms with Gasteiger partial charge in [-0.25, -0.2) is 14.2 Å². The predicted octanol–water partition coefficient (Wildman–Crippen LogP) is 6.90. The van der Waals surface area contributed by atoms with Crippen molar-refractivity contribution >= 4 is 51.3 Å². The van der Waals surface area contributed by atoms with Gasteiger partial charge in [0.15, 0.2) is 5.13 Å². The lowest BCUT2D eigenvalue weighted by Crippen LogP contribution is -2.01. The average molecular weight is 439 g/mol. The number of halogens is 3. The van der Waals surface area contributed by atoms with Crippen molar-refractivity contribution < 1.29 is 14.3 Å². The maximum absolute atomic E-state index is 13.6. The summed E-state index contributed by atoms with van der Waals surface area (Å²) in [6.45, 7) is 4.23. The molecule has 0 amide bonds. The number of rotatable bonds is 6. The minimum absolute atomic E-state index is 0.395. The molecule has 0 spiro atoms. The first kappa shape index (κ1) is 20.6. The largest absolute Gasteiger partial charge is 0.478 e. The summed E-state index contributed by atoms with van der Waals surface area (Å²) in [6.07, 6.45) is 0.818. The highest BCUT2D eigenvalue weighted by molar-refractivity contribution is 7.16. The molecule has 2 aromatic carbocycles. The molecule has 0 aliphatic rings. The zero-order valence-electron chi connectivity index (χ0n) is 15.1. The summed E-state index contributed by atoms with van der Waals surface area (Å²) in [7, 11) is 0. The number of aromatic nitrogens is 1. The predicted molar refractivity (Wildman–Crippen MR) is 113 cm³/mol. The molecule has 28 heavy (non-hydrogen) atoms. The number of aromatic carboxylic acids is 1. The molecule has 0 atom stereocenters. The van der Waals surface area contributed by atoms with Crippen LogP contribution in [0.25, 0.3) is 11.3 Å². The highest BCUT2D eigenvalue weighted by Crippen LogP contribution is 2.36. The second-order valence-corrected chi connectivity index (χ2v) is 8.54. The maximum Gasteiger partial charge on any atom is 0.338 e. The van der Waals surface area contributed by atoms with Crippen LogP contribution in [0.5, 0.6) is 0 Å². The molecule has 8 heteroatoms. The number of carbonyl (C=O) groups is 1. The summed E-state index contributed by atoms with van der Waals surface area (Å²) in [4.78, 5) is 16.9. The van der Waals surface area contributed by atoms with Crippen LogP contribution in [-0.4, -0.2) is 16.1 Å². The Balaban J connectivity index is 1.98. The molecular weight excluding hydrogens is 422 g/mol. The van der Waals surface area contributed by atoms with Crippen LogP contribution in [0, 0.1) is 11.7 Å². The molecule has 3 aromatic rings. The van der Waals surface area contributed by atoms with Crippen LogP contribution < -0.4 is 5.32 Å². The third-order valence-corrected chi connectivity index (χ3v) is 5.66. The number of hydrogen-bond donors (Lipinski definition) is 2. The van der Waals surface area contributed by atoms with E-state index in [2.05, 4.69) is 24.1 Å². The second-order valence-electron chi connectivity index (χ2n) is 6.64. The zero-order valence-corrected chi connectivity index (χ0v) is 17.4. The first-order valence-electron chi connectivity index (χ1n) is 8.49. The first-order valence-corrected chi connectivity index (χ1v) is 10.1. The molecule has 1 heterocycles. The third kappa shape index (κ3) is 4.63.